The Hall–Kier alpha value is -2.96. The van der Waals surface area contributed by atoms with Gasteiger partial charge < -0.3 is 10.4 Å². The van der Waals surface area contributed by atoms with Gasteiger partial charge in [-0.2, -0.15) is 5.10 Å². The molecule has 20 heavy (non-hydrogen) atoms. The molecule has 1 aromatic carbocycles. The molecule has 0 saturated heterocycles. The van der Waals surface area contributed by atoms with Crippen LogP contribution in [-0.4, -0.2) is 30.8 Å². The van der Waals surface area contributed by atoms with Crippen molar-refractivity contribution in [1.82, 2.24) is 19.7 Å². The monoisotopic (exact) mass is 267 g/mol. The molecule has 2 aromatic heterocycles. The van der Waals surface area contributed by atoms with E-state index in [1.165, 1.54) is 6.33 Å². The van der Waals surface area contributed by atoms with E-state index in [0.717, 1.165) is 28.1 Å². The molecule has 4 rings (SSSR count). The third kappa shape index (κ3) is 1.46. The summed E-state index contributed by atoms with van der Waals surface area (Å²) in [7, 11) is 0. The van der Waals surface area contributed by atoms with Gasteiger partial charge >= 0.3 is 5.97 Å². The smallest absolute Gasteiger partial charge is 0.335 e. The van der Waals surface area contributed by atoms with Crippen molar-refractivity contribution in [3.63, 3.8) is 0 Å². The molecule has 0 aliphatic carbocycles. The molecular formula is C13H9N5O2. The first kappa shape index (κ1) is 10.9. The predicted molar refractivity (Wildman–Crippen MR) is 71.1 cm³/mol. The molecule has 2 N–H and O–H groups in total. The van der Waals surface area contributed by atoms with Crippen LogP contribution < -0.4 is 5.32 Å². The number of aromatic nitrogens is 4. The van der Waals surface area contributed by atoms with Crippen LogP contribution in [0.2, 0.25) is 0 Å². The lowest BCUT2D eigenvalue weighted by molar-refractivity contribution is 0.0697. The lowest BCUT2D eigenvalue weighted by Gasteiger charge is -2.17. The van der Waals surface area contributed by atoms with E-state index in [0.29, 0.717) is 6.54 Å². The Morgan fingerprint density at radius 3 is 3.15 bits per heavy atom. The number of nitrogens with one attached hydrogen (secondary N) is 1. The average molecular weight is 267 g/mol. The first-order valence-corrected chi connectivity index (χ1v) is 6.02. The van der Waals surface area contributed by atoms with Crippen LogP contribution in [0.4, 0.5) is 11.6 Å². The molecule has 7 nitrogen and oxygen atoms in total. The van der Waals surface area contributed by atoms with Crippen molar-refractivity contribution in [1.29, 1.82) is 0 Å². The predicted octanol–water partition coefficient (Wildman–Crippen LogP) is 1.63. The normalized spacial score (nSPS) is 12.6. The maximum Gasteiger partial charge on any atom is 0.335 e. The molecule has 7 heteroatoms. The molecule has 0 amide bonds. The second kappa shape index (κ2) is 3.77. The Bertz CT molecular complexity index is 855. The lowest BCUT2D eigenvalue weighted by atomic mass is 10.1. The zero-order valence-corrected chi connectivity index (χ0v) is 10.2. The van der Waals surface area contributed by atoms with Crippen LogP contribution in [0.5, 0.6) is 0 Å². The van der Waals surface area contributed by atoms with Gasteiger partial charge in [-0.05, 0) is 18.2 Å². The summed E-state index contributed by atoms with van der Waals surface area (Å²) in [6.07, 6.45) is 3.22. The molecule has 3 heterocycles. The molecule has 0 spiro atoms. The molecule has 3 aromatic rings. The van der Waals surface area contributed by atoms with Gasteiger partial charge in [0.1, 0.15) is 18.0 Å². The van der Waals surface area contributed by atoms with Gasteiger partial charge in [0.2, 0.25) is 0 Å². The van der Waals surface area contributed by atoms with Crippen LogP contribution in [0.15, 0.2) is 30.7 Å². The average Bonchev–Trinajstić information content (AvgIpc) is 2.81. The van der Waals surface area contributed by atoms with E-state index < -0.39 is 5.97 Å². The molecule has 1 aliphatic rings. The van der Waals surface area contributed by atoms with Crippen molar-refractivity contribution >= 4 is 28.5 Å². The minimum atomic E-state index is -0.953. The Morgan fingerprint density at radius 1 is 1.40 bits per heavy atom. The fraction of sp³-hybridized carbons (Fsp3) is 0.0769. The summed E-state index contributed by atoms with van der Waals surface area (Å²) in [5, 5.41) is 17.5. The third-order valence-electron chi connectivity index (χ3n) is 3.33. The first-order chi connectivity index (χ1) is 9.72. The molecule has 0 radical (unpaired) electrons. The highest BCUT2D eigenvalue weighted by Crippen LogP contribution is 2.32. The minimum Gasteiger partial charge on any atom is -0.478 e. The van der Waals surface area contributed by atoms with Crippen LogP contribution in [0.3, 0.4) is 0 Å². The summed E-state index contributed by atoms with van der Waals surface area (Å²) in [6.45, 7) is 0.565. The van der Waals surface area contributed by atoms with Gasteiger partial charge in [-0.1, -0.05) is 0 Å². The van der Waals surface area contributed by atoms with E-state index in [-0.39, 0.29) is 5.56 Å². The second-order valence-electron chi connectivity index (χ2n) is 4.56. The van der Waals surface area contributed by atoms with Crippen LogP contribution in [0.25, 0.3) is 10.9 Å². The summed E-state index contributed by atoms with van der Waals surface area (Å²) in [5.41, 5.74) is 1.94. The van der Waals surface area contributed by atoms with Gasteiger partial charge in [0.25, 0.3) is 0 Å². The highest BCUT2D eigenvalue weighted by atomic mass is 16.4. The van der Waals surface area contributed by atoms with Crippen molar-refractivity contribution < 1.29 is 9.90 Å². The second-order valence-corrected chi connectivity index (χ2v) is 4.56. The number of fused-ring (bicyclic) bond motifs is 4. The summed E-state index contributed by atoms with van der Waals surface area (Å²) >= 11 is 0. The summed E-state index contributed by atoms with van der Waals surface area (Å²) in [5.74, 6) is 0.537. The van der Waals surface area contributed by atoms with Crippen molar-refractivity contribution in [2.24, 2.45) is 0 Å². The topological polar surface area (TPSA) is 92.9 Å². The molecular weight excluding hydrogens is 258 g/mol. The van der Waals surface area contributed by atoms with Crippen LogP contribution in [0.1, 0.15) is 15.9 Å². The number of hydrogen-bond acceptors (Lipinski definition) is 5. The Labute approximate surface area is 112 Å². The largest absolute Gasteiger partial charge is 0.478 e. The quantitative estimate of drug-likeness (QED) is 0.544. The zero-order chi connectivity index (χ0) is 13.7. The van der Waals surface area contributed by atoms with Gasteiger partial charge in [0.15, 0.2) is 0 Å². The minimum absolute atomic E-state index is 0.239. The van der Waals surface area contributed by atoms with Crippen molar-refractivity contribution in [3.8, 4) is 0 Å². The van der Waals surface area contributed by atoms with E-state index in [4.69, 9.17) is 5.11 Å². The molecule has 0 bridgehead atoms. The van der Waals surface area contributed by atoms with Gasteiger partial charge in [0.05, 0.1) is 17.6 Å². The zero-order valence-electron chi connectivity index (χ0n) is 10.2. The molecule has 0 unspecified atom stereocenters. The molecule has 98 valence electrons. The number of aromatic carboxylic acids is 1. The van der Waals surface area contributed by atoms with E-state index in [1.54, 1.807) is 29.1 Å². The number of carboxylic acids is 1. The number of hydrogen-bond donors (Lipinski definition) is 2. The number of carbonyl (C=O) groups is 1. The summed E-state index contributed by atoms with van der Waals surface area (Å²) in [6, 6.07) is 4.88. The van der Waals surface area contributed by atoms with E-state index in [1.807, 2.05) is 0 Å². The number of rotatable bonds is 1. The maximum absolute atomic E-state index is 11.1. The Balaban J connectivity index is 1.92. The highest BCUT2D eigenvalue weighted by molar-refractivity contribution is 5.98. The summed E-state index contributed by atoms with van der Waals surface area (Å²) < 4.78 is 1.79. The van der Waals surface area contributed by atoms with Gasteiger partial charge in [-0.15, -0.1) is 0 Å². The maximum atomic E-state index is 11.1. The lowest BCUT2D eigenvalue weighted by Crippen LogP contribution is -2.15. The van der Waals surface area contributed by atoms with Gasteiger partial charge in [-0.3, -0.25) is 0 Å². The molecule has 0 saturated carbocycles. The van der Waals surface area contributed by atoms with Crippen LogP contribution in [0, 0.1) is 0 Å². The molecule has 0 atom stereocenters. The highest BCUT2D eigenvalue weighted by Gasteiger charge is 2.20. The number of carboxylic acid groups (broad SMARTS) is 1. The Morgan fingerprint density at radius 2 is 2.30 bits per heavy atom. The fourth-order valence-electron chi connectivity index (χ4n) is 2.37. The molecule has 0 fully saturated rings. The van der Waals surface area contributed by atoms with Crippen LogP contribution in [-0.2, 0) is 6.54 Å². The Kier molecular flexibility index (Phi) is 2.06. The summed E-state index contributed by atoms with van der Waals surface area (Å²) in [4.78, 5) is 19.2. The molecule has 1 aliphatic heterocycles. The number of benzene rings is 1. The number of anilines is 2. The van der Waals surface area contributed by atoms with E-state index >= 15 is 0 Å². The van der Waals surface area contributed by atoms with Crippen molar-refractivity contribution in [2.75, 3.05) is 5.32 Å². The van der Waals surface area contributed by atoms with Gasteiger partial charge in [0, 0.05) is 17.1 Å². The number of nitrogens with zero attached hydrogens (tertiary/aromatic N) is 4. The van der Waals surface area contributed by atoms with Gasteiger partial charge in [-0.25, -0.2) is 19.4 Å². The van der Waals surface area contributed by atoms with E-state index in [2.05, 4.69) is 20.4 Å². The van der Waals surface area contributed by atoms with E-state index in [9.17, 15) is 4.79 Å². The first-order valence-electron chi connectivity index (χ1n) is 6.02. The standard InChI is InChI=1S/C13H9N5O2/c19-13(20)7-1-2-10-9(3-7)12-16-11-8(4-14-6-15-11)5-18(12)17-10/h1-4,6H,5H2,(H,19,20)(H,14,15,16). The SMILES string of the molecule is O=C(O)c1ccc2nn3c(c2c1)Nc1ncncc1C3. The van der Waals surface area contributed by atoms with Crippen molar-refractivity contribution in [3.05, 3.63) is 41.9 Å². The van der Waals surface area contributed by atoms with Crippen LogP contribution >= 0.6 is 0 Å². The third-order valence-corrected chi connectivity index (χ3v) is 3.33. The van der Waals surface area contributed by atoms with Crippen molar-refractivity contribution in [2.45, 2.75) is 6.54 Å². The fourth-order valence-corrected chi connectivity index (χ4v) is 2.37.